The van der Waals surface area contributed by atoms with Crippen molar-refractivity contribution in [1.82, 2.24) is 29.9 Å². The van der Waals surface area contributed by atoms with Crippen LogP contribution in [0.4, 0.5) is 0 Å². The Labute approximate surface area is 198 Å². The van der Waals surface area contributed by atoms with Crippen LogP contribution in [0.25, 0.3) is 11.4 Å². The van der Waals surface area contributed by atoms with Gasteiger partial charge in [-0.05, 0) is 49.1 Å². The van der Waals surface area contributed by atoms with Gasteiger partial charge in [-0.25, -0.2) is 0 Å². The number of likely N-dealkylation sites (N-methyl/N-ethyl adjacent to an activating group) is 1. The van der Waals surface area contributed by atoms with Gasteiger partial charge in [0.25, 0.3) is 0 Å². The number of halogens is 1. The van der Waals surface area contributed by atoms with E-state index in [1.807, 2.05) is 30.3 Å². The normalized spacial score (nSPS) is 16.1. The first-order chi connectivity index (χ1) is 15.5. The first kappa shape index (κ1) is 22.7. The number of hydrogen-bond donors (Lipinski definition) is 2. The van der Waals surface area contributed by atoms with E-state index in [2.05, 4.69) is 44.5 Å². The van der Waals surface area contributed by atoms with Gasteiger partial charge in [-0.1, -0.05) is 41.9 Å². The monoisotopic (exact) mass is 470 g/mol. The quantitative estimate of drug-likeness (QED) is 0.518. The Kier molecular flexibility index (Phi) is 7.36. The van der Waals surface area contributed by atoms with E-state index in [1.165, 1.54) is 0 Å². The van der Waals surface area contributed by atoms with Crippen molar-refractivity contribution >= 4 is 29.7 Å². The minimum atomic E-state index is -0.110. The van der Waals surface area contributed by atoms with Crippen molar-refractivity contribution in [2.24, 2.45) is 0 Å². The lowest BCUT2D eigenvalue weighted by atomic mass is 10.1. The number of nitrogens with one attached hydrogen (secondary N) is 2. The maximum Gasteiger partial charge on any atom is 0.240 e. The Morgan fingerprint density at radius 3 is 2.50 bits per heavy atom. The molecule has 2 N–H and O–H groups in total. The predicted octanol–water partition coefficient (Wildman–Crippen LogP) is 3.37. The number of rotatable bonds is 7. The van der Waals surface area contributed by atoms with Crippen molar-refractivity contribution in [1.29, 1.82) is 0 Å². The molecule has 1 aliphatic heterocycles. The molecule has 0 spiro atoms. The number of amides is 1. The van der Waals surface area contributed by atoms with E-state index >= 15 is 0 Å². The molecular formula is C23H27ClN6OS. The Bertz CT molecular complexity index is 1090. The van der Waals surface area contributed by atoms with Gasteiger partial charge in [0.15, 0.2) is 10.6 Å². The van der Waals surface area contributed by atoms with Gasteiger partial charge in [-0.2, -0.15) is 5.10 Å². The summed E-state index contributed by atoms with van der Waals surface area (Å²) in [6.07, 6.45) is 0. The summed E-state index contributed by atoms with van der Waals surface area (Å²) < 4.78 is 2.12. The average Bonchev–Trinajstić information content (AvgIpc) is 3.16. The molecule has 1 fully saturated rings. The highest BCUT2D eigenvalue weighted by Crippen LogP contribution is 2.20. The van der Waals surface area contributed by atoms with E-state index in [4.69, 9.17) is 23.8 Å². The first-order valence-corrected chi connectivity index (χ1v) is 11.4. The minimum Gasteiger partial charge on any atom is -0.346 e. The molecule has 2 heterocycles. The van der Waals surface area contributed by atoms with E-state index in [-0.39, 0.29) is 18.5 Å². The number of carbonyl (C=O) groups is 1. The smallest absolute Gasteiger partial charge is 0.240 e. The van der Waals surface area contributed by atoms with Crippen molar-refractivity contribution < 1.29 is 4.79 Å². The SMILES string of the molecule is CN1CCN(CC(NC(=O)Cn2c(-c3ccc(Cl)cc3)n[nH]c2=S)c2ccccc2)CC1. The van der Waals surface area contributed by atoms with Crippen LogP contribution in [0.3, 0.4) is 0 Å². The fourth-order valence-corrected chi connectivity index (χ4v) is 4.20. The molecule has 0 aliphatic carbocycles. The highest BCUT2D eigenvalue weighted by molar-refractivity contribution is 7.71. The van der Waals surface area contributed by atoms with E-state index in [0.717, 1.165) is 43.9 Å². The van der Waals surface area contributed by atoms with Gasteiger partial charge in [0.05, 0.1) is 6.04 Å². The Balaban J connectivity index is 1.50. The summed E-state index contributed by atoms with van der Waals surface area (Å²) in [6, 6.07) is 17.3. The van der Waals surface area contributed by atoms with Gasteiger partial charge in [0.2, 0.25) is 5.91 Å². The van der Waals surface area contributed by atoms with Gasteiger partial charge >= 0.3 is 0 Å². The Morgan fingerprint density at radius 2 is 1.81 bits per heavy atom. The molecule has 2 aromatic carbocycles. The third-order valence-corrected chi connectivity index (χ3v) is 6.30. The highest BCUT2D eigenvalue weighted by atomic mass is 35.5. The van der Waals surface area contributed by atoms with Crippen LogP contribution < -0.4 is 5.32 Å². The van der Waals surface area contributed by atoms with Crippen LogP contribution in [0.5, 0.6) is 0 Å². The molecule has 1 atom stereocenters. The Hall–Kier alpha value is -2.52. The van der Waals surface area contributed by atoms with Crippen molar-refractivity contribution in [3.05, 3.63) is 70.0 Å². The summed E-state index contributed by atoms with van der Waals surface area (Å²) in [5.41, 5.74) is 1.93. The maximum atomic E-state index is 13.1. The van der Waals surface area contributed by atoms with Gasteiger partial charge in [-0.15, -0.1) is 0 Å². The van der Waals surface area contributed by atoms with Crippen molar-refractivity contribution in [2.75, 3.05) is 39.8 Å². The number of nitrogens with zero attached hydrogens (tertiary/aromatic N) is 4. The molecule has 1 unspecified atom stereocenters. The molecule has 0 saturated carbocycles. The van der Waals surface area contributed by atoms with Crippen molar-refractivity contribution in [2.45, 2.75) is 12.6 Å². The fraction of sp³-hybridized carbons (Fsp3) is 0.348. The summed E-state index contributed by atoms with van der Waals surface area (Å²) in [4.78, 5) is 17.8. The number of hydrogen-bond acceptors (Lipinski definition) is 5. The number of piperazine rings is 1. The highest BCUT2D eigenvalue weighted by Gasteiger charge is 2.22. The zero-order valence-corrected chi connectivity index (χ0v) is 19.6. The number of carbonyl (C=O) groups excluding carboxylic acids is 1. The second kappa shape index (κ2) is 10.4. The van der Waals surface area contributed by atoms with E-state index in [9.17, 15) is 4.79 Å². The summed E-state index contributed by atoms with van der Waals surface area (Å²) >= 11 is 11.4. The number of aromatic amines is 1. The topological polar surface area (TPSA) is 69.2 Å². The lowest BCUT2D eigenvalue weighted by molar-refractivity contribution is -0.122. The van der Waals surface area contributed by atoms with Crippen LogP contribution in [-0.2, 0) is 11.3 Å². The van der Waals surface area contributed by atoms with E-state index in [0.29, 0.717) is 15.6 Å². The molecular weight excluding hydrogens is 444 g/mol. The summed E-state index contributed by atoms with van der Waals surface area (Å²) in [6.45, 7) is 4.89. The lowest BCUT2D eigenvalue weighted by Crippen LogP contribution is -2.48. The number of benzene rings is 2. The number of H-pyrrole nitrogens is 1. The summed E-state index contributed by atoms with van der Waals surface area (Å²) in [7, 11) is 2.14. The third kappa shape index (κ3) is 5.63. The maximum absolute atomic E-state index is 13.1. The molecule has 7 nitrogen and oxygen atoms in total. The molecule has 1 saturated heterocycles. The third-order valence-electron chi connectivity index (χ3n) is 5.74. The van der Waals surface area contributed by atoms with Crippen LogP contribution in [0.15, 0.2) is 54.6 Å². The van der Waals surface area contributed by atoms with Gasteiger partial charge in [-0.3, -0.25) is 19.4 Å². The Morgan fingerprint density at radius 1 is 1.12 bits per heavy atom. The van der Waals surface area contributed by atoms with Crippen LogP contribution in [0.2, 0.25) is 5.02 Å². The molecule has 168 valence electrons. The van der Waals surface area contributed by atoms with Gasteiger partial charge < -0.3 is 10.2 Å². The van der Waals surface area contributed by atoms with Crippen molar-refractivity contribution in [3.63, 3.8) is 0 Å². The molecule has 9 heteroatoms. The molecule has 1 aromatic heterocycles. The van der Waals surface area contributed by atoms with Crippen LogP contribution >= 0.6 is 23.8 Å². The average molecular weight is 471 g/mol. The number of aromatic nitrogens is 3. The zero-order chi connectivity index (χ0) is 22.5. The van der Waals surface area contributed by atoms with Crippen LogP contribution in [0, 0.1) is 4.77 Å². The molecule has 32 heavy (non-hydrogen) atoms. The van der Waals surface area contributed by atoms with Gasteiger partial charge in [0.1, 0.15) is 6.54 Å². The van der Waals surface area contributed by atoms with Gasteiger partial charge in [0, 0.05) is 43.3 Å². The molecule has 3 aromatic rings. The zero-order valence-electron chi connectivity index (χ0n) is 18.0. The largest absolute Gasteiger partial charge is 0.346 e. The molecule has 0 bridgehead atoms. The predicted molar refractivity (Wildman–Crippen MR) is 129 cm³/mol. The molecule has 1 amide bonds. The van der Waals surface area contributed by atoms with Crippen LogP contribution in [0.1, 0.15) is 11.6 Å². The van der Waals surface area contributed by atoms with E-state index < -0.39 is 0 Å². The minimum absolute atomic E-state index is 0.0827. The van der Waals surface area contributed by atoms with Crippen molar-refractivity contribution in [3.8, 4) is 11.4 Å². The summed E-state index contributed by atoms with van der Waals surface area (Å²) in [5, 5.41) is 11.0. The van der Waals surface area contributed by atoms with E-state index in [1.54, 1.807) is 16.7 Å². The second-order valence-electron chi connectivity index (χ2n) is 8.08. The van der Waals surface area contributed by atoms with Crippen LogP contribution in [-0.4, -0.2) is 70.2 Å². The summed E-state index contributed by atoms with van der Waals surface area (Å²) in [5.74, 6) is 0.498. The standard InChI is InChI=1S/C23H27ClN6OS/c1-28-11-13-29(14-12-28)15-20(17-5-3-2-4-6-17)25-21(31)16-30-22(26-27-23(30)32)18-7-9-19(24)10-8-18/h2-10,20H,11-16H2,1H3,(H,25,31)(H,27,32). The molecule has 4 rings (SSSR count). The second-order valence-corrected chi connectivity index (χ2v) is 8.90. The first-order valence-electron chi connectivity index (χ1n) is 10.7. The molecule has 0 radical (unpaired) electrons. The molecule has 1 aliphatic rings. The lowest BCUT2D eigenvalue weighted by Gasteiger charge is -2.35. The fourth-order valence-electron chi connectivity index (χ4n) is 3.88.